The van der Waals surface area contributed by atoms with E-state index < -0.39 is 5.60 Å². The Labute approximate surface area is 118 Å². The normalized spacial score (nSPS) is 14.6. The van der Waals surface area contributed by atoms with Gasteiger partial charge in [0.2, 0.25) is 0 Å². The monoisotopic (exact) mass is 279 g/mol. The molecule has 0 radical (unpaired) electrons. The van der Waals surface area contributed by atoms with Gasteiger partial charge in [-0.25, -0.2) is 9.97 Å². The summed E-state index contributed by atoms with van der Waals surface area (Å²) >= 11 is 1.73. The van der Waals surface area contributed by atoms with Gasteiger partial charge in [0.1, 0.15) is 16.2 Å². The summed E-state index contributed by atoms with van der Waals surface area (Å²) in [5.41, 5.74) is -0.434. The van der Waals surface area contributed by atoms with Crippen molar-refractivity contribution in [3.8, 4) is 0 Å². The number of rotatable bonds is 5. The molecule has 4 nitrogen and oxygen atoms in total. The maximum Gasteiger partial charge on any atom is 0.163 e. The van der Waals surface area contributed by atoms with Crippen molar-refractivity contribution in [3.05, 3.63) is 16.8 Å². The van der Waals surface area contributed by atoms with E-state index in [1.807, 2.05) is 14.0 Å². The number of aromatic nitrogens is 2. The largest absolute Gasteiger partial charge is 0.372 e. The molecular formula is C14H21N3OS. The molecule has 0 aliphatic heterocycles. The molecule has 1 atom stereocenters. The van der Waals surface area contributed by atoms with Crippen LogP contribution in [0.3, 0.4) is 0 Å². The Bertz CT molecular complexity index is 575. The third-order valence-corrected chi connectivity index (χ3v) is 4.80. The average Bonchev–Trinajstić information content (AvgIpc) is 2.88. The smallest absolute Gasteiger partial charge is 0.163 e. The SMILES string of the molecule is CCc1cc2c(NC)nc(C(C)(CC)OC)nc2s1. The molecule has 5 heteroatoms. The number of fused-ring (bicyclic) bond motifs is 1. The molecule has 0 aliphatic rings. The zero-order valence-electron chi connectivity index (χ0n) is 12.2. The minimum Gasteiger partial charge on any atom is -0.372 e. The van der Waals surface area contributed by atoms with E-state index in [2.05, 4.69) is 30.2 Å². The maximum absolute atomic E-state index is 5.61. The van der Waals surface area contributed by atoms with Gasteiger partial charge in [-0.05, 0) is 25.8 Å². The number of methoxy groups -OCH3 is 1. The van der Waals surface area contributed by atoms with Crippen LogP contribution in [0.25, 0.3) is 10.2 Å². The second-order valence-electron chi connectivity index (χ2n) is 4.72. The lowest BCUT2D eigenvalue weighted by Gasteiger charge is -2.25. The fraction of sp³-hybridized carbons (Fsp3) is 0.571. The Morgan fingerprint density at radius 3 is 2.63 bits per heavy atom. The number of nitrogens with zero attached hydrogens (tertiary/aromatic N) is 2. The number of nitrogens with one attached hydrogen (secondary N) is 1. The van der Waals surface area contributed by atoms with Crippen LogP contribution in [-0.4, -0.2) is 24.1 Å². The van der Waals surface area contributed by atoms with Gasteiger partial charge in [-0.15, -0.1) is 11.3 Å². The summed E-state index contributed by atoms with van der Waals surface area (Å²) in [6.45, 7) is 6.27. The van der Waals surface area contributed by atoms with E-state index >= 15 is 0 Å². The highest BCUT2D eigenvalue weighted by Gasteiger charge is 2.28. The van der Waals surface area contributed by atoms with Gasteiger partial charge in [0.25, 0.3) is 0 Å². The van der Waals surface area contributed by atoms with E-state index in [1.54, 1.807) is 18.4 Å². The first-order chi connectivity index (χ1) is 9.07. The molecule has 0 saturated carbocycles. The molecule has 2 aromatic heterocycles. The first-order valence-corrected chi connectivity index (χ1v) is 7.43. The van der Waals surface area contributed by atoms with Crippen molar-refractivity contribution in [1.29, 1.82) is 0 Å². The van der Waals surface area contributed by atoms with Crippen LogP contribution in [0.5, 0.6) is 0 Å². The van der Waals surface area contributed by atoms with E-state index in [9.17, 15) is 0 Å². The topological polar surface area (TPSA) is 47.0 Å². The van der Waals surface area contributed by atoms with Crippen molar-refractivity contribution in [2.75, 3.05) is 19.5 Å². The lowest BCUT2D eigenvalue weighted by Crippen LogP contribution is -2.26. The molecule has 0 bridgehead atoms. The summed E-state index contributed by atoms with van der Waals surface area (Å²) in [4.78, 5) is 11.7. The summed E-state index contributed by atoms with van der Waals surface area (Å²) in [5.74, 6) is 1.63. The molecule has 0 aliphatic carbocycles. The first-order valence-electron chi connectivity index (χ1n) is 6.61. The van der Waals surface area contributed by atoms with E-state index in [4.69, 9.17) is 9.72 Å². The van der Waals surface area contributed by atoms with Crippen LogP contribution in [0, 0.1) is 0 Å². The summed E-state index contributed by atoms with van der Waals surface area (Å²) < 4.78 is 5.61. The van der Waals surface area contributed by atoms with E-state index in [-0.39, 0.29) is 0 Å². The van der Waals surface area contributed by atoms with Crippen molar-refractivity contribution >= 4 is 27.4 Å². The van der Waals surface area contributed by atoms with Crippen LogP contribution in [0.4, 0.5) is 5.82 Å². The first kappa shape index (κ1) is 14.2. The number of hydrogen-bond acceptors (Lipinski definition) is 5. The second kappa shape index (κ2) is 5.43. The molecule has 1 N–H and O–H groups in total. The van der Waals surface area contributed by atoms with Gasteiger partial charge in [-0.1, -0.05) is 13.8 Å². The van der Waals surface area contributed by atoms with Crippen molar-refractivity contribution in [2.24, 2.45) is 0 Å². The van der Waals surface area contributed by atoms with Gasteiger partial charge in [-0.3, -0.25) is 0 Å². The van der Waals surface area contributed by atoms with Crippen LogP contribution in [0.1, 0.15) is 37.9 Å². The van der Waals surface area contributed by atoms with E-state index in [0.29, 0.717) is 0 Å². The molecule has 0 saturated heterocycles. The van der Waals surface area contributed by atoms with Gasteiger partial charge in [-0.2, -0.15) is 0 Å². The summed E-state index contributed by atoms with van der Waals surface area (Å²) in [5, 5.41) is 4.27. The third kappa shape index (κ3) is 2.44. The summed E-state index contributed by atoms with van der Waals surface area (Å²) in [6.07, 6.45) is 1.86. The Morgan fingerprint density at radius 2 is 2.11 bits per heavy atom. The molecule has 0 aromatic carbocycles. The molecule has 2 rings (SSSR count). The molecule has 19 heavy (non-hydrogen) atoms. The van der Waals surface area contributed by atoms with Gasteiger partial charge in [0.15, 0.2) is 5.82 Å². The molecule has 2 heterocycles. The molecular weight excluding hydrogens is 258 g/mol. The molecule has 0 fully saturated rings. The molecule has 2 aromatic rings. The third-order valence-electron chi connectivity index (χ3n) is 3.63. The fourth-order valence-electron chi connectivity index (χ4n) is 1.97. The van der Waals surface area contributed by atoms with Crippen LogP contribution in [0.15, 0.2) is 6.07 Å². The number of aryl methyl sites for hydroxylation is 1. The minimum atomic E-state index is -0.434. The highest BCUT2D eigenvalue weighted by Crippen LogP contribution is 2.33. The molecule has 0 spiro atoms. The van der Waals surface area contributed by atoms with Gasteiger partial charge in [0.05, 0.1) is 5.39 Å². The summed E-state index contributed by atoms with van der Waals surface area (Å²) in [7, 11) is 3.60. The Balaban J connectivity index is 2.64. The molecule has 0 amide bonds. The van der Waals surface area contributed by atoms with Crippen LogP contribution < -0.4 is 5.32 Å². The van der Waals surface area contributed by atoms with Crippen LogP contribution in [0.2, 0.25) is 0 Å². The quantitative estimate of drug-likeness (QED) is 0.909. The Hall–Kier alpha value is -1.20. The standard InChI is InChI=1S/C14H21N3OS/c1-6-9-8-10-11(15-4)16-13(17-12(10)19-9)14(3,7-2)18-5/h8H,6-7H2,1-5H3,(H,15,16,17). The molecule has 1 unspecified atom stereocenters. The predicted octanol–water partition coefficient (Wildman–Crippen LogP) is 3.57. The maximum atomic E-state index is 5.61. The van der Waals surface area contributed by atoms with Gasteiger partial charge >= 0.3 is 0 Å². The van der Waals surface area contributed by atoms with E-state index in [1.165, 1.54) is 4.88 Å². The van der Waals surface area contributed by atoms with Gasteiger partial charge in [0, 0.05) is 19.0 Å². The van der Waals surface area contributed by atoms with Crippen molar-refractivity contribution in [2.45, 2.75) is 39.2 Å². The zero-order chi connectivity index (χ0) is 14.0. The number of thiophene rings is 1. The Morgan fingerprint density at radius 1 is 1.37 bits per heavy atom. The van der Waals surface area contributed by atoms with Crippen LogP contribution in [-0.2, 0) is 16.8 Å². The van der Waals surface area contributed by atoms with E-state index in [0.717, 1.165) is 34.7 Å². The Kier molecular flexibility index (Phi) is 4.06. The fourth-order valence-corrected chi connectivity index (χ4v) is 2.93. The van der Waals surface area contributed by atoms with Crippen LogP contribution >= 0.6 is 11.3 Å². The number of hydrogen-bond donors (Lipinski definition) is 1. The molecule has 104 valence electrons. The van der Waals surface area contributed by atoms with Crippen molar-refractivity contribution < 1.29 is 4.74 Å². The van der Waals surface area contributed by atoms with Gasteiger partial charge < -0.3 is 10.1 Å². The van der Waals surface area contributed by atoms with Crippen molar-refractivity contribution in [3.63, 3.8) is 0 Å². The second-order valence-corrected chi connectivity index (χ2v) is 5.83. The average molecular weight is 279 g/mol. The lowest BCUT2D eigenvalue weighted by molar-refractivity contribution is -0.00854. The highest BCUT2D eigenvalue weighted by molar-refractivity contribution is 7.18. The highest BCUT2D eigenvalue weighted by atomic mass is 32.1. The lowest BCUT2D eigenvalue weighted by atomic mass is 10.0. The minimum absolute atomic E-state index is 0.434. The number of ether oxygens (including phenoxy) is 1. The summed E-state index contributed by atoms with van der Waals surface area (Å²) in [6, 6.07) is 2.17. The number of anilines is 1. The predicted molar refractivity (Wildman–Crippen MR) is 81.0 cm³/mol. The van der Waals surface area contributed by atoms with Crippen molar-refractivity contribution in [1.82, 2.24) is 9.97 Å². The zero-order valence-corrected chi connectivity index (χ0v) is 13.0.